The molecular formula is C23H30F2N4O3. The maximum absolute atomic E-state index is 12.7. The van der Waals surface area contributed by atoms with Gasteiger partial charge in [-0.05, 0) is 29.3 Å². The molecule has 0 bridgehead atoms. The molecule has 0 amide bonds. The molecule has 7 nitrogen and oxygen atoms in total. The first-order chi connectivity index (χ1) is 15.6. The number of alkyl halides is 2. The Morgan fingerprint density at radius 2 is 1.75 bits per heavy atom. The minimum Gasteiger partial charge on any atom is -0.497 e. The van der Waals surface area contributed by atoms with Gasteiger partial charge in [-0.2, -0.15) is 8.78 Å². The van der Waals surface area contributed by atoms with Crippen molar-refractivity contribution in [1.29, 1.82) is 0 Å². The number of halogens is 2. The van der Waals surface area contributed by atoms with Gasteiger partial charge in [0.05, 0.1) is 20.3 Å². The van der Waals surface area contributed by atoms with Crippen molar-refractivity contribution >= 4 is 5.96 Å². The van der Waals surface area contributed by atoms with Gasteiger partial charge in [0.2, 0.25) is 0 Å². The number of hydrogen-bond donors (Lipinski definition) is 2. The number of ether oxygens (including phenoxy) is 3. The highest BCUT2D eigenvalue weighted by atomic mass is 19.3. The molecule has 2 aromatic rings. The number of methoxy groups -OCH3 is 1. The van der Waals surface area contributed by atoms with Gasteiger partial charge in [-0.25, -0.2) is 0 Å². The van der Waals surface area contributed by atoms with Crippen molar-refractivity contribution in [2.75, 3.05) is 40.5 Å². The summed E-state index contributed by atoms with van der Waals surface area (Å²) in [5, 5.41) is 6.36. The summed E-state index contributed by atoms with van der Waals surface area (Å²) in [5.74, 6) is 1.20. The van der Waals surface area contributed by atoms with E-state index in [1.54, 1.807) is 19.2 Å². The number of aliphatic imine (C=N–C) groups is 1. The molecule has 1 aliphatic heterocycles. The van der Waals surface area contributed by atoms with Crippen LogP contribution in [0, 0.1) is 0 Å². The third-order valence-electron chi connectivity index (χ3n) is 5.15. The molecule has 1 heterocycles. The first-order valence-electron chi connectivity index (χ1n) is 10.5. The fourth-order valence-electron chi connectivity index (χ4n) is 3.40. The Bertz CT molecular complexity index is 872. The zero-order valence-electron chi connectivity index (χ0n) is 18.4. The number of hydrogen-bond acceptors (Lipinski definition) is 5. The normalized spacial score (nSPS) is 15.0. The smallest absolute Gasteiger partial charge is 0.387 e. The van der Waals surface area contributed by atoms with E-state index in [-0.39, 0.29) is 12.3 Å². The van der Waals surface area contributed by atoms with Gasteiger partial charge < -0.3 is 24.8 Å². The lowest BCUT2D eigenvalue weighted by atomic mass is 10.1. The molecule has 1 fully saturated rings. The van der Waals surface area contributed by atoms with Crippen molar-refractivity contribution in [3.8, 4) is 11.5 Å². The van der Waals surface area contributed by atoms with Crippen LogP contribution in [0.4, 0.5) is 8.78 Å². The molecule has 2 N–H and O–H groups in total. The van der Waals surface area contributed by atoms with E-state index in [4.69, 9.17) is 9.47 Å². The fraction of sp³-hybridized carbons (Fsp3) is 0.435. The molecule has 32 heavy (non-hydrogen) atoms. The van der Waals surface area contributed by atoms with Gasteiger partial charge in [-0.3, -0.25) is 9.89 Å². The van der Waals surface area contributed by atoms with E-state index in [1.165, 1.54) is 18.7 Å². The number of benzene rings is 2. The van der Waals surface area contributed by atoms with Crippen LogP contribution in [-0.4, -0.2) is 57.9 Å². The van der Waals surface area contributed by atoms with E-state index in [0.29, 0.717) is 23.8 Å². The summed E-state index contributed by atoms with van der Waals surface area (Å²) < 4.78 is 40.6. The van der Waals surface area contributed by atoms with Crippen LogP contribution in [0.2, 0.25) is 0 Å². The lowest BCUT2D eigenvalue weighted by Crippen LogP contribution is -2.36. The van der Waals surface area contributed by atoms with Gasteiger partial charge in [0.1, 0.15) is 11.5 Å². The second-order valence-electron chi connectivity index (χ2n) is 7.34. The Kier molecular flexibility index (Phi) is 9.06. The number of guanidine groups is 1. The summed E-state index contributed by atoms with van der Waals surface area (Å²) in [7, 11) is 3.18. The minimum absolute atomic E-state index is 0.0969. The first kappa shape index (κ1) is 23.7. The Balaban J connectivity index is 1.52. The molecule has 0 radical (unpaired) electrons. The third kappa shape index (κ3) is 7.35. The van der Waals surface area contributed by atoms with E-state index in [2.05, 4.69) is 49.5 Å². The summed E-state index contributed by atoms with van der Waals surface area (Å²) in [6, 6.07) is 13.2. The quantitative estimate of drug-likeness (QED) is 0.454. The van der Waals surface area contributed by atoms with Crippen LogP contribution in [0.3, 0.4) is 0 Å². The monoisotopic (exact) mass is 448 g/mol. The van der Waals surface area contributed by atoms with E-state index < -0.39 is 6.61 Å². The highest BCUT2D eigenvalue weighted by Gasteiger charge is 2.12. The van der Waals surface area contributed by atoms with Crippen molar-refractivity contribution in [2.24, 2.45) is 4.99 Å². The maximum atomic E-state index is 12.7. The van der Waals surface area contributed by atoms with Crippen molar-refractivity contribution in [2.45, 2.75) is 26.2 Å². The van der Waals surface area contributed by atoms with E-state index >= 15 is 0 Å². The van der Waals surface area contributed by atoms with Gasteiger partial charge in [0.25, 0.3) is 0 Å². The molecule has 0 spiro atoms. The van der Waals surface area contributed by atoms with Crippen LogP contribution in [0.1, 0.15) is 16.7 Å². The van der Waals surface area contributed by atoms with Crippen LogP contribution < -0.4 is 20.1 Å². The molecule has 0 unspecified atom stereocenters. The van der Waals surface area contributed by atoms with Crippen LogP contribution in [0.5, 0.6) is 11.5 Å². The summed E-state index contributed by atoms with van der Waals surface area (Å²) >= 11 is 0. The molecule has 9 heteroatoms. The summed E-state index contributed by atoms with van der Waals surface area (Å²) in [4.78, 5) is 6.58. The summed E-state index contributed by atoms with van der Waals surface area (Å²) in [6.45, 7) is 2.35. The molecule has 174 valence electrons. The number of nitrogens with one attached hydrogen (secondary N) is 2. The minimum atomic E-state index is -2.90. The topological polar surface area (TPSA) is 67.4 Å². The number of rotatable bonds is 9. The fourth-order valence-corrected chi connectivity index (χ4v) is 3.40. The first-order valence-corrected chi connectivity index (χ1v) is 10.5. The van der Waals surface area contributed by atoms with Crippen molar-refractivity contribution < 1.29 is 23.0 Å². The molecular weight excluding hydrogens is 418 g/mol. The SMILES string of the molecule is CN=C(NCc1ccc(CN2CCOCC2)cc1)NCc1cc(OC)ccc1OC(F)F. The zero-order chi connectivity index (χ0) is 22.8. The predicted molar refractivity (Wildman–Crippen MR) is 119 cm³/mol. The van der Waals surface area contributed by atoms with Gasteiger partial charge in [0, 0.05) is 45.3 Å². The van der Waals surface area contributed by atoms with Crippen molar-refractivity contribution in [3.05, 3.63) is 59.2 Å². The molecule has 1 saturated heterocycles. The molecule has 0 aromatic heterocycles. The average molecular weight is 449 g/mol. The molecule has 0 atom stereocenters. The Labute approximate surface area is 187 Å². The predicted octanol–water partition coefficient (Wildman–Crippen LogP) is 2.99. The average Bonchev–Trinajstić information content (AvgIpc) is 2.81. The standard InChI is InChI=1S/C23H30F2N4O3/c1-26-23(28-15-19-13-20(30-2)7-8-21(19)32-22(24)25)27-14-17-3-5-18(6-4-17)16-29-9-11-31-12-10-29/h3-8,13,22H,9-12,14-16H2,1-2H3,(H2,26,27,28). The van der Waals surface area contributed by atoms with E-state index in [1.807, 2.05) is 0 Å². The van der Waals surface area contributed by atoms with Crippen molar-refractivity contribution in [3.63, 3.8) is 0 Å². The van der Waals surface area contributed by atoms with Gasteiger partial charge in [0.15, 0.2) is 5.96 Å². The molecule has 3 rings (SSSR count). The van der Waals surface area contributed by atoms with Crippen molar-refractivity contribution in [1.82, 2.24) is 15.5 Å². The Hall–Kier alpha value is -2.91. The summed E-state index contributed by atoms with van der Waals surface area (Å²) in [6.07, 6.45) is 0. The number of morpholine rings is 1. The molecule has 0 saturated carbocycles. The van der Waals surface area contributed by atoms with Gasteiger partial charge in [-0.15, -0.1) is 0 Å². The lowest BCUT2D eigenvalue weighted by Gasteiger charge is -2.26. The highest BCUT2D eigenvalue weighted by molar-refractivity contribution is 5.79. The molecule has 0 aliphatic carbocycles. The van der Waals surface area contributed by atoms with Crippen LogP contribution >= 0.6 is 0 Å². The molecule has 2 aromatic carbocycles. The zero-order valence-corrected chi connectivity index (χ0v) is 18.4. The Morgan fingerprint density at radius 1 is 1.06 bits per heavy atom. The van der Waals surface area contributed by atoms with Crippen LogP contribution in [0.25, 0.3) is 0 Å². The van der Waals surface area contributed by atoms with E-state index in [0.717, 1.165) is 38.4 Å². The summed E-state index contributed by atoms with van der Waals surface area (Å²) in [5.41, 5.74) is 2.92. The van der Waals surface area contributed by atoms with Crippen LogP contribution in [0.15, 0.2) is 47.5 Å². The third-order valence-corrected chi connectivity index (χ3v) is 5.15. The number of nitrogens with zero attached hydrogens (tertiary/aromatic N) is 2. The maximum Gasteiger partial charge on any atom is 0.387 e. The Morgan fingerprint density at radius 3 is 2.41 bits per heavy atom. The molecule has 1 aliphatic rings. The second-order valence-corrected chi connectivity index (χ2v) is 7.34. The van der Waals surface area contributed by atoms with E-state index in [9.17, 15) is 8.78 Å². The van der Waals surface area contributed by atoms with Gasteiger partial charge in [-0.1, -0.05) is 24.3 Å². The lowest BCUT2D eigenvalue weighted by molar-refractivity contribution is -0.0505. The van der Waals surface area contributed by atoms with Crippen LogP contribution in [-0.2, 0) is 24.4 Å². The second kappa shape index (κ2) is 12.2. The highest BCUT2D eigenvalue weighted by Crippen LogP contribution is 2.25. The largest absolute Gasteiger partial charge is 0.497 e. The van der Waals surface area contributed by atoms with Gasteiger partial charge >= 0.3 is 6.61 Å².